The molecule has 0 spiro atoms. The van der Waals surface area contributed by atoms with E-state index in [9.17, 15) is 9.59 Å². The first-order chi connectivity index (χ1) is 13.5. The van der Waals surface area contributed by atoms with E-state index >= 15 is 0 Å². The number of aliphatic hydroxyl groups excluding tert-OH is 1. The molecule has 148 valence electrons. The summed E-state index contributed by atoms with van der Waals surface area (Å²) in [6.45, 7) is 3.33. The van der Waals surface area contributed by atoms with Crippen molar-refractivity contribution < 1.29 is 9.84 Å². The Labute approximate surface area is 161 Å². The number of imidazole rings is 1. The first-order valence-electron chi connectivity index (χ1n) is 9.21. The first kappa shape index (κ1) is 18.3. The predicted molar refractivity (Wildman–Crippen MR) is 106 cm³/mol. The normalized spacial score (nSPS) is 13.4. The van der Waals surface area contributed by atoms with E-state index in [0.717, 1.165) is 17.0 Å². The fraction of sp³-hybridized carbons (Fsp3) is 0.421. The largest absolute Gasteiger partial charge is 0.495 e. The molecule has 9 nitrogen and oxygen atoms in total. The maximum Gasteiger partial charge on any atom is 0.332 e. The Bertz CT molecular complexity index is 1170. The number of aryl methyl sites for hydroxylation is 2. The van der Waals surface area contributed by atoms with Crippen LogP contribution in [-0.2, 0) is 20.1 Å². The molecule has 0 saturated heterocycles. The molecule has 28 heavy (non-hydrogen) atoms. The van der Waals surface area contributed by atoms with Crippen molar-refractivity contribution in [2.45, 2.75) is 26.4 Å². The summed E-state index contributed by atoms with van der Waals surface area (Å²) < 4.78 is 9.93. The third-order valence-electron chi connectivity index (χ3n) is 5.17. The second-order valence-corrected chi connectivity index (χ2v) is 6.94. The predicted octanol–water partition coefficient (Wildman–Crippen LogP) is 0.748. The van der Waals surface area contributed by atoms with Crippen molar-refractivity contribution in [3.8, 4) is 5.75 Å². The van der Waals surface area contributed by atoms with E-state index in [2.05, 4.69) is 4.98 Å². The summed E-state index contributed by atoms with van der Waals surface area (Å²) in [4.78, 5) is 32.2. The number of benzene rings is 1. The quantitative estimate of drug-likeness (QED) is 0.696. The molecule has 9 heteroatoms. The molecule has 3 aromatic rings. The summed E-state index contributed by atoms with van der Waals surface area (Å²) in [6.07, 6.45) is 0.342. The van der Waals surface area contributed by atoms with Crippen LogP contribution in [0, 0.1) is 6.92 Å². The maximum atomic E-state index is 13.0. The molecule has 0 aliphatic carbocycles. The average Bonchev–Trinajstić information content (AvgIpc) is 3.25. The molecule has 0 radical (unpaired) electrons. The van der Waals surface area contributed by atoms with Gasteiger partial charge in [0.2, 0.25) is 5.95 Å². The van der Waals surface area contributed by atoms with Crippen LogP contribution in [-0.4, -0.2) is 44.1 Å². The van der Waals surface area contributed by atoms with Gasteiger partial charge in [-0.2, -0.15) is 4.98 Å². The molecule has 1 aliphatic rings. The number of nitrogens with zero attached hydrogens (tertiary/aromatic N) is 5. The Morgan fingerprint density at radius 3 is 2.75 bits per heavy atom. The van der Waals surface area contributed by atoms with Gasteiger partial charge in [0, 0.05) is 33.3 Å². The molecule has 0 amide bonds. The molecule has 0 saturated carbocycles. The molecule has 2 aromatic heterocycles. The SMILES string of the molecule is COc1ccc(C)cc1N1CCn2c1nc1c2c(=O)n(CCCO)c(=O)n1C. The number of anilines is 2. The van der Waals surface area contributed by atoms with Crippen LogP contribution in [0.3, 0.4) is 0 Å². The minimum Gasteiger partial charge on any atom is -0.495 e. The smallest absolute Gasteiger partial charge is 0.332 e. The summed E-state index contributed by atoms with van der Waals surface area (Å²) in [5.74, 6) is 1.34. The lowest BCUT2D eigenvalue weighted by Crippen LogP contribution is -2.39. The number of aliphatic hydroxyl groups is 1. The number of aromatic nitrogens is 4. The monoisotopic (exact) mass is 385 g/mol. The second kappa shape index (κ2) is 6.83. The Kier molecular flexibility index (Phi) is 4.46. The van der Waals surface area contributed by atoms with Crippen LogP contribution in [0.25, 0.3) is 11.2 Å². The molecule has 1 aliphatic heterocycles. The van der Waals surface area contributed by atoms with Crippen molar-refractivity contribution in [3.05, 3.63) is 44.6 Å². The third kappa shape index (κ3) is 2.62. The molecule has 4 rings (SSSR count). The van der Waals surface area contributed by atoms with Crippen molar-refractivity contribution in [2.75, 3.05) is 25.2 Å². The summed E-state index contributed by atoms with van der Waals surface area (Å²) >= 11 is 0. The molecular formula is C19H23N5O4. The van der Waals surface area contributed by atoms with Gasteiger partial charge in [0.15, 0.2) is 11.2 Å². The number of fused-ring (bicyclic) bond motifs is 3. The van der Waals surface area contributed by atoms with Crippen LogP contribution < -0.4 is 20.9 Å². The van der Waals surface area contributed by atoms with Gasteiger partial charge < -0.3 is 19.3 Å². The summed E-state index contributed by atoms with van der Waals surface area (Å²) in [7, 11) is 3.23. The Morgan fingerprint density at radius 2 is 2.04 bits per heavy atom. The number of hydrogen-bond acceptors (Lipinski definition) is 6. The Morgan fingerprint density at radius 1 is 1.25 bits per heavy atom. The summed E-state index contributed by atoms with van der Waals surface area (Å²) in [5.41, 5.74) is 1.93. The zero-order valence-corrected chi connectivity index (χ0v) is 16.2. The summed E-state index contributed by atoms with van der Waals surface area (Å²) in [6, 6.07) is 5.91. The number of methoxy groups -OCH3 is 1. The number of hydrogen-bond donors (Lipinski definition) is 1. The van der Waals surface area contributed by atoms with E-state index in [1.165, 1.54) is 9.13 Å². The van der Waals surface area contributed by atoms with Crippen LogP contribution in [0.5, 0.6) is 5.75 Å². The molecule has 0 atom stereocenters. The fourth-order valence-electron chi connectivity index (χ4n) is 3.74. The molecule has 1 aromatic carbocycles. The highest BCUT2D eigenvalue weighted by molar-refractivity contribution is 5.79. The van der Waals surface area contributed by atoms with E-state index < -0.39 is 5.69 Å². The Balaban J connectivity index is 1.93. The lowest BCUT2D eigenvalue weighted by Gasteiger charge is -2.19. The fourth-order valence-corrected chi connectivity index (χ4v) is 3.74. The van der Waals surface area contributed by atoms with Gasteiger partial charge in [0.1, 0.15) is 5.75 Å². The highest BCUT2D eigenvalue weighted by Crippen LogP contribution is 2.37. The number of rotatable bonds is 5. The van der Waals surface area contributed by atoms with E-state index in [-0.39, 0.29) is 18.7 Å². The van der Waals surface area contributed by atoms with Crippen molar-refractivity contribution in [1.82, 2.24) is 18.7 Å². The van der Waals surface area contributed by atoms with Gasteiger partial charge in [-0.1, -0.05) is 6.07 Å². The lowest BCUT2D eigenvalue weighted by molar-refractivity contribution is 0.277. The van der Waals surface area contributed by atoms with E-state index in [1.54, 1.807) is 14.2 Å². The standard InChI is InChI=1S/C19H23N5O4/c1-12-5-6-14(28-3)13(11-12)22-8-9-23-15-16(20-18(22)23)21(2)19(27)24(17(15)26)7-4-10-25/h5-6,11,25H,4,7-10H2,1-3H3. The molecule has 0 unspecified atom stereocenters. The summed E-state index contributed by atoms with van der Waals surface area (Å²) in [5, 5.41) is 9.08. The van der Waals surface area contributed by atoms with Crippen molar-refractivity contribution in [1.29, 1.82) is 0 Å². The zero-order chi connectivity index (χ0) is 20.0. The van der Waals surface area contributed by atoms with Gasteiger partial charge in [-0.25, -0.2) is 4.79 Å². The molecule has 0 bridgehead atoms. The highest BCUT2D eigenvalue weighted by Gasteiger charge is 2.30. The van der Waals surface area contributed by atoms with Crippen LogP contribution >= 0.6 is 0 Å². The van der Waals surface area contributed by atoms with Crippen LogP contribution in [0.4, 0.5) is 11.6 Å². The van der Waals surface area contributed by atoms with Crippen molar-refractivity contribution in [2.24, 2.45) is 7.05 Å². The van der Waals surface area contributed by atoms with Crippen molar-refractivity contribution in [3.63, 3.8) is 0 Å². The van der Waals surface area contributed by atoms with Gasteiger partial charge in [-0.05, 0) is 31.0 Å². The van der Waals surface area contributed by atoms with Crippen molar-refractivity contribution >= 4 is 22.8 Å². The molecule has 1 N–H and O–H groups in total. The van der Waals surface area contributed by atoms with Gasteiger partial charge in [0.05, 0.1) is 12.8 Å². The van der Waals surface area contributed by atoms with Gasteiger partial charge in [-0.15, -0.1) is 0 Å². The molecule has 3 heterocycles. The van der Waals surface area contributed by atoms with Gasteiger partial charge >= 0.3 is 5.69 Å². The topological polar surface area (TPSA) is 94.5 Å². The Hall–Kier alpha value is -3.07. The van der Waals surface area contributed by atoms with E-state index in [4.69, 9.17) is 9.84 Å². The lowest BCUT2D eigenvalue weighted by atomic mass is 10.2. The van der Waals surface area contributed by atoms with Gasteiger partial charge in [-0.3, -0.25) is 13.9 Å². The first-order valence-corrected chi connectivity index (χ1v) is 9.21. The van der Waals surface area contributed by atoms with Crippen LogP contribution in [0.1, 0.15) is 12.0 Å². The minimum atomic E-state index is -0.428. The molecule has 0 fully saturated rings. The average molecular weight is 385 g/mol. The number of ether oxygens (including phenoxy) is 1. The molecular weight excluding hydrogens is 362 g/mol. The maximum absolute atomic E-state index is 13.0. The van der Waals surface area contributed by atoms with Crippen LogP contribution in [0.2, 0.25) is 0 Å². The van der Waals surface area contributed by atoms with E-state index in [0.29, 0.717) is 36.6 Å². The zero-order valence-electron chi connectivity index (χ0n) is 16.2. The van der Waals surface area contributed by atoms with Gasteiger partial charge in [0.25, 0.3) is 5.56 Å². The highest BCUT2D eigenvalue weighted by atomic mass is 16.5. The van der Waals surface area contributed by atoms with E-state index in [1.807, 2.05) is 34.6 Å². The minimum absolute atomic E-state index is 0.0843. The third-order valence-corrected chi connectivity index (χ3v) is 5.17. The van der Waals surface area contributed by atoms with Crippen LogP contribution in [0.15, 0.2) is 27.8 Å². The second-order valence-electron chi connectivity index (χ2n) is 6.94.